The van der Waals surface area contributed by atoms with E-state index >= 15 is 0 Å². The number of ether oxygens (including phenoxy) is 3. The Labute approximate surface area is 227 Å². The molecule has 0 unspecified atom stereocenters. The zero-order valence-electron chi connectivity index (χ0n) is 22.6. The highest BCUT2D eigenvalue weighted by molar-refractivity contribution is 7.48. The molecule has 0 heterocycles. The van der Waals surface area contributed by atoms with Crippen molar-refractivity contribution in [3.8, 4) is 0 Å². The Morgan fingerprint density at radius 2 is 0.684 bits per heavy atom. The number of phosphoric acid groups is 1. The quantitative estimate of drug-likeness (QED) is 0.0388. The van der Waals surface area contributed by atoms with Gasteiger partial charge in [0.2, 0.25) is 0 Å². The van der Waals surface area contributed by atoms with E-state index in [1.807, 2.05) is 0 Å². The van der Waals surface area contributed by atoms with Crippen molar-refractivity contribution in [2.45, 2.75) is 77.0 Å². The van der Waals surface area contributed by atoms with Gasteiger partial charge in [0.05, 0.1) is 39.6 Å². The molecule has 0 radical (unpaired) electrons. The molecule has 0 fully saturated rings. The van der Waals surface area contributed by atoms with Crippen LogP contribution in [0.25, 0.3) is 0 Å². The molecule has 0 saturated carbocycles. The lowest BCUT2D eigenvalue weighted by Crippen LogP contribution is -2.05. The Hall–Kier alpha value is -2.26. The summed E-state index contributed by atoms with van der Waals surface area (Å²) < 4.78 is 44.5. The van der Waals surface area contributed by atoms with Crippen LogP contribution in [0.15, 0.2) is 38.0 Å². The molecule has 0 aromatic heterocycles. The van der Waals surface area contributed by atoms with Crippen molar-refractivity contribution < 1.29 is 46.7 Å². The molecule has 38 heavy (non-hydrogen) atoms. The van der Waals surface area contributed by atoms with Gasteiger partial charge < -0.3 is 14.2 Å². The number of phosphoric ester groups is 1. The second kappa shape index (κ2) is 25.0. The lowest BCUT2D eigenvalue weighted by Gasteiger charge is -2.18. The van der Waals surface area contributed by atoms with Crippen molar-refractivity contribution in [3.63, 3.8) is 0 Å². The number of carbonyl (C=O) groups excluding carboxylic acids is 3. The largest absolute Gasteiger partial charge is 0.474 e. The molecule has 0 aromatic carbocycles. The minimum Gasteiger partial charge on any atom is -0.463 e. The summed E-state index contributed by atoms with van der Waals surface area (Å²) in [5, 5.41) is 0. The lowest BCUT2D eigenvalue weighted by atomic mass is 10.2. The molecule has 10 nitrogen and oxygen atoms in total. The third-order valence-electron chi connectivity index (χ3n) is 5.10. The van der Waals surface area contributed by atoms with Crippen LogP contribution in [-0.2, 0) is 46.7 Å². The molecule has 0 aliphatic heterocycles. The molecule has 0 aliphatic carbocycles. The highest BCUT2D eigenvalue weighted by Gasteiger charge is 2.26. The Morgan fingerprint density at radius 1 is 0.447 bits per heavy atom. The van der Waals surface area contributed by atoms with E-state index in [0.29, 0.717) is 39.1 Å². The predicted octanol–water partition coefficient (Wildman–Crippen LogP) is 6.01. The summed E-state index contributed by atoms with van der Waals surface area (Å²) in [5.74, 6) is -1.30. The third-order valence-corrected chi connectivity index (χ3v) is 6.59. The summed E-state index contributed by atoms with van der Waals surface area (Å²) in [4.78, 5) is 33.0. The van der Waals surface area contributed by atoms with E-state index in [1.54, 1.807) is 0 Å². The average molecular weight is 561 g/mol. The summed E-state index contributed by atoms with van der Waals surface area (Å²) in [5.41, 5.74) is 0. The van der Waals surface area contributed by atoms with E-state index < -0.39 is 25.7 Å². The molecule has 0 amide bonds. The van der Waals surface area contributed by atoms with E-state index in [0.717, 1.165) is 76.0 Å². The zero-order valence-corrected chi connectivity index (χ0v) is 23.5. The topological polar surface area (TPSA) is 124 Å². The van der Waals surface area contributed by atoms with Crippen LogP contribution in [0.3, 0.4) is 0 Å². The average Bonchev–Trinajstić information content (AvgIpc) is 2.92. The van der Waals surface area contributed by atoms with E-state index in [4.69, 9.17) is 27.8 Å². The van der Waals surface area contributed by atoms with Crippen LogP contribution < -0.4 is 0 Å². The fourth-order valence-corrected chi connectivity index (χ4v) is 4.29. The molecule has 0 rings (SSSR count). The van der Waals surface area contributed by atoms with Gasteiger partial charge in [-0.05, 0) is 57.8 Å². The van der Waals surface area contributed by atoms with Gasteiger partial charge in [-0.25, -0.2) is 18.9 Å². The maximum Gasteiger partial charge on any atom is 0.474 e. The molecular formula is C27H45O10P. The maximum absolute atomic E-state index is 13.1. The fourth-order valence-electron chi connectivity index (χ4n) is 3.01. The van der Waals surface area contributed by atoms with Crippen molar-refractivity contribution >= 4 is 25.7 Å². The van der Waals surface area contributed by atoms with Crippen LogP contribution in [0, 0.1) is 0 Å². The molecule has 0 spiro atoms. The van der Waals surface area contributed by atoms with Gasteiger partial charge in [0, 0.05) is 18.2 Å². The number of rotatable bonds is 27. The Kier molecular flexibility index (Phi) is 23.6. The minimum atomic E-state index is -3.70. The summed E-state index contributed by atoms with van der Waals surface area (Å²) >= 11 is 0. The Morgan fingerprint density at radius 3 is 0.921 bits per heavy atom. The molecule has 218 valence electrons. The highest BCUT2D eigenvalue weighted by atomic mass is 31.2. The summed E-state index contributed by atoms with van der Waals surface area (Å²) in [6, 6.07) is 0. The van der Waals surface area contributed by atoms with Crippen LogP contribution in [0.5, 0.6) is 0 Å². The second-order valence-electron chi connectivity index (χ2n) is 8.30. The van der Waals surface area contributed by atoms with Gasteiger partial charge in [0.15, 0.2) is 0 Å². The second-order valence-corrected chi connectivity index (χ2v) is 9.97. The smallest absolute Gasteiger partial charge is 0.463 e. The van der Waals surface area contributed by atoms with Crippen LogP contribution in [0.2, 0.25) is 0 Å². The molecule has 0 bridgehead atoms. The third kappa shape index (κ3) is 22.9. The zero-order chi connectivity index (χ0) is 28.3. The van der Waals surface area contributed by atoms with Gasteiger partial charge >= 0.3 is 25.7 Å². The molecule has 0 atom stereocenters. The number of esters is 3. The van der Waals surface area contributed by atoms with Crippen molar-refractivity contribution in [1.82, 2.24) is 0 Å². The van der Waals surface area contributed by atoms with Crippen LogP contribution in [-0.4, -0.2) is 57.5 Å². The van der Waals surface area contributed by atoms with E-state index in [1.165, 1.54) is 0 Å². The van der Waals surface area contributed by atoms with Gasteiger partial charge in [-0.3, -0.25) is 13.6 Å². The van der Waals surface area contributed by atoms with Crippen molar-refractivity contribution in [3.05, 3.63) is 38.0 Å². The van der Waals surface area contributed by atoms with Crippen molar-refractivity contribution in [1.29, 1.82) is 0 Å². The SMILES string of the molecule is C=CC(=O)OCCCCCCOP(=O)(OCCCCCCOC(=O)C=C)OCCCCCCOC(=O)C=C. The lowest BCUT2D eigenvalue weighted by molar-refractivity contribution is -0.138. The molecular weight excluding hydrogens is 515 g/mol. The summed E-state index contributed by atoms with van der Waals surface area (Å²) in [6.07, 6.45) is 12.5. The predicted molar refractivity (Wildman–Crippen MR) is 144 cm³/mol. The monoisotopic (exact) mass is 560 g/mol. The molecule has 0 aliphatic rings. The number of carbonyl (C=O) groups is 3. The van der Waals surface area contributed by atoms with Crippen molar-refractivity contribution in [2.24, 2.45) is 0 Å². The minimum absolute atomic E-state index is 0.229. The number of hydrogen-bond donors (Lipinski definition) is 0. The first-order valence-corrected chi connectivity index (χ1v) is 14.7. The fraction of sp³-hybridized carbons (Fsp3) is 0.667. The van der Waals surface area contributed by atoms with Crippen LogP contribution >= 0.6 is 7.82 Å². The van der Waals surface area contributed by atoms with Gasteiger partial charge in [0.1, 0.15) is 0 Å². The van der Waals surface area contributed by atoms with Gasteiger partial charge in [-0.15, -0.1) is 0 Å². The Bertz CT molecular complexity index is 642. The maximum atomic E-state index is 13.1. The van der Waals surface area contributed by atoms with E-state index in [-0.39, 0.29) is 19.8 Å². The molecule has 0 N–H and O–H groups in total. The summed E-state index contributed by atoms with van der Waals surface area (Å²) in [6.45, 7) is 11.7. The van der Waals surface area contributed by atoms with Gasteiger partial charge in [-0.1, -0.05) is 39.0 Å². The van der Waals surface area contributed by atoms with Gasteiger partial charge in [0.25, 0.3) is 0 Å². The van der Waals surface area contributed by atoms with E-state index in [9.17, 15) is 18.9 Å². The standard InChI is InChI=1S/C27H45O10P/c1-4-25(28)32-19-13-7-10-16-22-35-38(31,36-23-17-11-8-14-20-33-26(29)5-2)37-24-18-12-9-15-21-34-27(30)6-3/h4-6H,1-3,7-24H2. The Balaban J connectivity index is 4.23. The van der Waals surface area contributed by atoms with Crippen LogP contribution in [0.1, 0.15) is 77.0 Å². The number of hydrogen-bond acceptors (Lipinski definition) is 10. The van der Waals surface area contributed by atoms with Gasteiger partial charge in [-0.2, -0.15) is 0 Å². The highest BCUT2D eigenvalue weighted by Crippen LogP contribution is 2.50. The van der Waals surface area contributed by atoms with Crippen LogP contribution in [0.4, 0.5) is 0 Å². The first-order valence-electron chi connectivity index (χ1n) is 13.3. The normalized spacial score (nSPS) is 10.9. The molecule has 0 aromatic rings. The van der Waals surface area contributed by atoms with Crippen molar-refractivity contribution in [2.75, 3.05) is 39.6 Å². The first kappa shape index (κ1) is 35.7. The van der Waals surface area contributed by atoms with E-state index in [2.05, 4.69) is 19.7 Å². The number of unbranched alkanes of at least 4 members (excludes halogenated alkanes) is 9. The first-order chi connectivity index (χ1) is 18.4. The molecule has 11 heteroatoms. The molecule has 0 saturated heterocycles. The summed E-state index contributed by atoms with van der Waals surface area (Å²) in [7, 11) is -3.70.